The first kappa shape index (κ1) is 22.2. The Bertz CT molecular complexity index is 811. The van der Waals surface area contributed by atoms with Crippen molar-refractivity contribution >= 4 is 5.96 Å². The lowest BCUT2D eigenvalue weighted by molar-refractivity contribution is -0.00683. The van der Waals surface area contributed by atoms with E-state index < -0.39 is 0 Å². The van der Waals surface area contributed by atoms with E-state index >= 15 is 0 Å². The predicted molar refractivity (Wildman–Crippen MR) is 118 cm³/mol. The zero-order chi connectivity index (χ0) is 21.4. The summed E-state index contributed by atoms with van der Waals surface area (Å²) in [6, 6.07) is 8.30. The highest BCUT2D eigenvalue weighted by molar-refractivity contribution is 5.79. The van der Waals surface area contributed by atoms with Crippen molar-refractivity contribution in [1.29, 1.82) is 0 Å². The van der Waals surface area contributed by atoms with Crippen LogP contribution in [-0.2, 0) is 11.2 Å². The summed E-state index contributed by atoms with van der Waals surface area (Å²) in [5.41, 5.74) is 1.80. The lowest BCUT2D eigenvalue weighted by Gasteiger charge is -2.39. The van der Waals surface area contributed by atoms with E-state index in [0.717, 1.165) is 63.2 Å². The number of guanidine groups is 1. The second kappa shape index (κ2) is 10.5. The fraction of sp³-hybridized carbons (Fsp3) is 0.545. The fourth-order valence-corrected chi connectivity index (χ4v) is 3.42. The van der Waals surface area contributed by atoms with Crippen molar-refractivity contribution in [3.63, 3.8) is 0 Å². The van der Waals surface area contributed by atoms with Crippen molar-refractivity contribution in [2.45, 2.75) is 32.7 Å². The lowest BCUT2D eigenvalue weighted by atomic mass is 10.0. The summed E-state index contributed by atoms with van der Waals surface area (Å²) in [7, 11) is 0. The maximum atomic E-state index is 13.1. The Morgan fingerprint density at radius 3 is 2.60 bits per heavy atom. The molecule has 2 N–H and O–H groups in total. The molecular weight excluding hydrogens is 383 g/mol. The number of nitrogens with zero attached hydrogens (tertiary/aromatic N) is 4. The van der Waals surface area contributed by atoms with Crippen LogP contribution < -0.4 is 10.6 Å². The number of hydrogen-bond acceptors (Lipinski definition) is 4. The topological polar surface area (TPSA) is 66.7 Å². The summed E-state index contributed by atoms with van der Waals surface area (Å²) < 4.78 is 20.3. The van der Waals surface area contributed by atoms with Gasteiger partial charge in [0.05, 0.1) is 31.1 Å². The number of aliphatic imine (C=N–C) groups is 1. The molecule has 1 fully saturated rings. The third kappa shape index (κ3) is 6.27. The van der Waals surface area contributed by atoms with Crippen molar-refractivity contribution in [2.75, 3.05) is 45.9 Å². The number of aromatic nitrogens is 2. The summed E-state index contributed by atoms with van der Waals surface area (Å²) in [5, 5.41) is 11.3. The monoisotopic (exact) mass is 416 g/mol. The third-order valence-electron chi connectivity index (χ3n) is 5.24. The molecule has 0 bridgehead atoms. The van der Waals surface area contributed by atoms with Gasteiger partial charge in [-0.1, -0.05) is 0 Å². The average Bonchev–Trinajstić information content (AvgIpc) is 3.22. The van der Waals surface area contributed by atoms with E-state index in [2.05, 4.69) is 41.4 Å². The van der Waals surface area contributed by atoms with E-state index in [1.54, 1.807) is 16.8 Å². The van der Waals surface area contributed by atoms with Gasteiger partial charge in [-0.25, -0.2) is 9.07 Å². The molecule has 1 aliphatic rings. The van der Waals surface area contributed by atoms with Gasteiger partial charge in [0.25, 0.3) is 0 Å². The van der Waals surface area contributed by atoms with Gasteiger partial charge >= 0.3 is 0 Å². The van der Waals surface area contributed by atoms with Gasteiger partial charge in [0.1, 0.15) is 5.82 Å². The van der Waals surface area contributed by atoms with Crippen LogP contribution in [-0.4, -0.2) is 72.1 Å². The van der Waals surface area contributed by atoms with Gasteiger partial charge in [-0.2, -0.15) is 5.10 Å². The zero-order valence-electron chi connectivity index (χ0n) is 18.2. The minimum atomic E-state index is -0.248. The van der Waals surface area contributed by atoms with Crippen LogP contribution in [0.1, 0.15) is 26.5 Å². The Labute approximate surface area is 178 Å². The number of hydrogen-bond donors (Lipinski definition) is 2. The predicted octanol–water partition coefficient (Wildman–Crippen LogP) is 2.22. The van der Waals surface area contributed by atoms with Crippen LogP contribution in [0, 0.1) is 5.82 Å². The second-order valence-electron chi connectivity index (χ2n) is 8.01. The number of rotatable bonds is 8. The maximum Gasteiger partial charge on any atom is 0.191 e. The van der Waals surface area contributed by atoms with Crippen LogP contribution in [0.15, 0.2) is 41.5 Å². The molecule has 1 saturated heterocycles. The van der Waals surface area contributed by atoms with Gasteiger partial charge in [-0.15, -0.1) is 0 Å². The van der Waals surface area contributed by atoms with Crippen LogP contribution in [0.5, 0.6) is 0 Å². The first-order valence-corrected chi connectivity index (χ1v) is 10.6. The summed E-state index contributed by atoms with van der Waals surface area (Å²) in [6.45, 7) is 12.2. The molecule has 0 amide bonds. The molecule has 1 aromatic heterocycles. The highest BCUT2D eigenvalue weighted by Crippen LogP contribution is 2.16. The van der Waals surface area contributed by atoms with Crippen LogP contribution in [0.2, 0.25) is 0 Å². The Kier molecular flexibility index (Phi) is 7.81. The first-order valence-electron chi connectivity index (χ1n) is 10.6. The molecular formula is C22H33FN6O. The summed E-state index contributed by atoms with van der Waals surface area (Å²) >= 11 is 0. The van der Waals surface area contributed by atoms with E-state index in [0.29, 0.717) is 6.54 Å². The standard InChI is InChI=1S/C22H33FN6O/c1-4-24-21(26-17-22(2,3)28-13-15-30-16-14-28)25-11-9-19-10-12-29(27-19)20-7-5-18(23)6-8-20/h5-8,10,12H,4,9,11,13-17H2,1-3H3,(H2,24,25,26). The Balaban J connectivity index is 1.52. The SMILES string of the molecule is CCNC(=NCC(C)(C)N1CCOCC1)NCCc1ccn(-c2ccc(F)cc2)n1. The molecule has 7 nitrogen and oxygen atoms in total. The molecule has 8 heteroatoms. The highest BCUT2D eigenvalue weighted by atomic mass is 19.1. The molecule has 0 spiro atoms. The number of ether oxygens (including phenoxy) is 1. The number of halogens is 1. The molecule has 2 aromatic rings. The van der Waals surface area contributed by atoms with Crippen molar-refractivity contribution in [3.05, 3.63) is 48.0 Å². The molecule has 2 heterocycles. The third-order valence-corrected chi connectivity index (χ3v) is 5.24. The smallest absolute Gasteiger partial charge is 0.191 e. The van der Waals surface area contributed by atoms with Crippen LogP contribution >= 0.6 is 0 Å². The quantitative estimate of drug-likeness (QED) is 0.510. The Hall–Kier alpha value is -2.45. The Morgan fingerprint density at radius 1 is 1.17 bits per heavy atom. The van der Waals surface area contributed by atoms with Crippen molar-refractivity contribution in [2.24, 2.45) is 4.99 Å². The van der Waals surface area contributed by atoms with E-state index in [4.69, 9.17) is 9.73 Å². The van der Waals surface area contributed by atoms with E-state index in [9.17, 15) is 4.39 Å². The van der Waals surface area contributed by atoms with Crippen LogP contribution in [0.3, 0.4) is 0 Å². The first-order chi connectivity index (χ1) is 14.5. The summed E-state index contributed by atoms with van der Waals surface area (Å²) in [4.78, 5) is 7.24. The van der Waals surface area contributed by atoms with Gasteiger partial charge < -0.3 is 15.4 Å². The fourth-order valence-electron chi connectivity index (χ4n) is 3.42. The molecule has 1 aliphatic heterocycles. The number of nitrogens with one attached hydrogen (secondary N) is 2. The van der Waals surface area contributed by atoms with Crippen LogP contribution in [0.25, 0.3) is 5.69 Å². The summed E-state index contributed by atoms with van der Waals surface area (Å²) in [5.74, 6) is 0.569. The van der Waals surface area contributed by atoms with Gasteiger partial charge in [-0.05, 0) is 51.1 Å². The minimum Gasteiger partial charge on any atom is -0.379 e. The second-order valence-corrected chi connectivity index (χ2v) is 8.01. The molecule has 0 radical (unpaired) electrons. The molecule has 164 valence electrons. The molecule has 0 unspecified atom stereocenters. The van der Waals surface area contributed by atoms with Crippen molar-refractivity contribution in [3.8, 4) is 5.69 Å². The molecule has 3 rings (SSSR count). The Morgan fingerprint density at radius 2 is 1.90 bits per heavy atom. The average molecular weight is 417 g/mol. The van der Waals surface area contributed by atoms with E-state index in [1.165, 1.54) is 12.1 Å². The lowest BCUT2D eigenvalue weighted by Crippen LogP contribution is -2.52. The maximum absolute atomic E-state index is 13.1. The molecule has 1 aromatic carbocycles. The van der Waals surface area contributed by atoms with Gasteiger partial charge in [0.2, 0.25) is 0 Å². The molecule has 0 atom stereocenters. The van der Waals surface area contributed by atoms with Crippen LogP contribution in [0.4, 0.5) is 4.39 Å². The van der Waals surface area contributed by atoms with Gasteiger partial charge in [0, 0.05) is 44.3 Å². The highest BCUT2D eigenvalue weighted by Gasteiger charge is 2.28. The van der Waals surface area contributed by atoms with E-state index in [1.807, 2.05) is 12.3 Å². The number of morpholine rings is 1. The molecule has 0 saturated carbocycles. The normalized spacial score (nSPS) is 15.9. The van der Waals surface area contributed by atoms with Gasteiger partial charge in [0.15, 0.2) is 5.96 Å². The minimum absolute atomic E-state index is 0.0138. The van der Waals surface area contributed by atoms with Gasteiger partial charge in [-0.3, -0.25) is 9.89 Å². The molecule has 0 aliphatic carbocycles. The number of benzene rings is 1. The molecule has 30 heavy (non-hydrogen) atoms. The zero-order valence-corrected chi connectivity index (χ0v) is 18.2. The van der Waals surface area contributed by atoms with Crippen molar-refractivity contribution in [1.82, 2.24) is 25.3 Å². The van der Waals surface area contributed by atoms with Crippen molar-refractivity contribution < 1.29 is 9.13 Å². The summed E-state index contributed by atoms with van der Waals surface area (Å²) in [6.07, 6.45) is 2.66. The van der Waals surface area contributed by atoms with E-state index in [-0.39, 0.29) is 11.4 Å². The largest absolute Gasteiger partial charge is 0.379 e.